The summed E-state index contributed by atoms with van der Waals surface area (Å²) in [4.78, 5) is 25.6. The largest absolute Gasteiger partial charge is 0.390 e. The number of hydrogen-bond donors (Lipinski definition) is 2. The highest BCUT2D eigenvalue weighted by Crippen LogP contribution is 2.55. The Bertz CT molecular complexity index is 851. The van der Waals surface area contributed by atoms with E-state index in [1.54, 1.807) is 0 Å². The van der Waals surface area contributed by atoms with Crippen LogP contribution >= 0.6 is 11.8 Å². The van der Waals surface area contributed by atoms with Crippen LogP contribution in [0.5, 0.6) is 0 Å². The number of nitrogens with one attached hydrogen (secondary N) is 1. The second-order valence-electron chi connectivity index (χ2n) is 11.1. The maximum Gasteiger partial charge on any atom is 0.254 e. The zero-order valence-corrected chi connectivity index (χ0v) is 19.8. The minimum absolute atomic E-state index is 0.00999. The molecule has 1 aliphatic heterocycles. The van der Waals surface area contributed by atoms with Gasteiger partial charge in [-0.1, -0.05) is 19.3 Å². The number of rotatable bonds is 4. The molecule has 4 bridgehead atoms. The monoisotopic (exact) mass is 456 g/mol. The molecule has 6 aliphatic rings. The van der Waals surface area contributed by atoms with Crippen LogP contribution in [-0.4, -0.2) is 57.2 Å². The van der Waals surface area contributed by atoms with Crippen LogP contribution in [0.15, 0.2) is 6.20 Å². The van der Waals surface area contributed by atoms with Crippen LogP contribution in [0, 0.1) is 17.8 Å². The number of aliphatic hydroxyl groups is 1. The number of nitrogens with zero attached hydrogens (tertiary/aromatic N) is 3. The van der Waals surface area contributed by atoms with Gasteiger partial charge in [-0.15, -0.1) is 0 Å². The lowest BCUT2D eigenvalue weighted by atomic mass is 9.52. The Morgan fingerprint density at radius 3 is 2.50 bits per heavy atom. The zero-order chi connectivity index (χ0) is 21.7. The van der Waals surface area contributed by atoms with Gasteiger partial charge >= 0.3 is 0 Å². The molecule has 5 aliphatic carbocycles. The number of anilines is 1. The number of carbonyl (C=O) groups is 1. The van der Waals surface area contributed by atoms with Crippen molar-refractivity contribution in [2.45, 2.75) is 81.8 Å². The molecule has 2 unspecified atom stereocenters. The fourth-order valence-electron chi connectivity index (χ4n) is 7.61. The normalized spacial score (nSPS) is 37.0. The third kappa shape index (κ3) is 3.93. The van der Waals surface area contributed by atoms with Crippen molar-refractivity contribution in [3.8, 4) is 0 Å². The number of aromatic nitrogens is 2. The summed E-state index contributed by atoms with van der Waals surface area (Å²) in [7, 11) is 0. The molecule has 0 spiro atoms. The van der Waals surface area contributed by atoms with Gasteiger partial charge in [-0.2, -0.15) is 11.8 Å². The summed E-state index contributed by atoms with van der Waals surface area (Å²) < 4.78 is 0. The van der Waals surface area contributed by atoms with Crippen molar-refractivity contribution >= 4 is 23.6 Å². The van der Waals surface area contributed by atoms with Crippen molar-refractivity contribution in [2.24, 2.45) is 17.8 Å². The molecule has 7 rings (SSSR count). The molecule has 2 heterocycles. The first-order valence-electron chi connectivity index (χ1n) is 12.8. The van der Waals surface area contributed by atoms with Crippen LogP contribution in [-0.2, 0) is 0 Å². The summed E-state index contributed by atoms with van der Waals surface area (Å²) in [5.41, 5.74) is 1.20. The molecule has 0 radical (unpaired) electrons. The molecule has 2 N–H and O–H groups in total. The topological polar surface area (TPSA) is 78.3 Å². The third-order valence-corrected chi connectivity index (χ3v) is 9.82. The average molecular weight is 457 g/mol. The van der Waals surface area contributed by atoms with E-state index in [4.69, 9.17) is 4.98 Å². The molecule has 2 atom stereocenters. The van der Waals surface area contributed by atoms with E-state index in [0.29, 0.717) is 29.2 Å². The van der Waals surface area contributed by atoms with E-state index in [2.05, 4.69) is 15.2 Å². The Labute approximate surface area is 195 Å². The van der Waals surface area contributed by atoms with Crippen molar-refractivity contribution in [1.82, 2.24) is 15.3 Å². The van der Waals surface area contributed by atoms with Crippen LogP contribution in [0.2, 0.25) is 0 Å². The van der Waals surface area contributed by atoms with Crippen LogP contribution in [0.1, 0.15) is 86.2 Å². The van der Waals surface area contributed by atoms with Gasteiger partial charge in [-0.3, -0.25) is 4.79 Å². The Kier molecular flexibility index (Phi) is 5.61. The summed E-state index contributed by atoms with van der Waals surface area (Å²) in [6.07, 6.45) is 12.8. The molecule has 0 aromatic carbocycles. The maximum absolute atomic E-state index is 13.6. The minimum atomic E-state index is -0.470. The number of thioether (sulfide) groups is 1. The lowest BCUT2D eigenvalue weighted by Crippen LogP contribution is -2.61. The molecule has 174 valence electrons. The van der Waals surface area contributed by atoms with Gasteiger partial charge in [0.2, 0.25) is 5.95 Å². The van der Waals surface area contributed by atoms with Crippen LogP contribution in [0.3, 0.4) is 0 Å². The Morgan fingerprint density at radius 1 is 1.09 bits per heavy atom. The molecule has 1 aromatic heterocycles. The summed E-state index contributed by atoms with van der Waals surface area (Å²) >= 11 is 1.98. The average Bonchev–Trinajstić information content (AvgIpc) is 2.81. The SMILES string of the molecule is O=C(NC1C2CC3CC1CC(O)(C3)C2)c1cnc(N2CCSCC2)nc1C1CCCCC1. The van der Waals surface area contributed by atoms with E-state index in [-0.39, 0.29) is 11.9 Å². The number of hydrogen-bond acceptors (Lipinski definition) is 6. The van der Waals surface area contributed by atoms with E-state index < -0.39 is 5.60 Å². The van der Waals surface area contributed by atoms with Gasteiger partial charge in [0.1, 0.15) is 0 Å². The number of carbonyl (C=O) groups excluding carboxylic acids is 1. The van der Waals surface area contributed by atoms with E-state index in [9.17, 15) is 9.90 Å². The van der Waals surface area contributed by atoms with E-state index in [1.807, 2.05) is 18.0 Å². The fourth-order valence-corrected chi connectivity index (χ4v) is 8.51. The summed E-state index contributed by atoms with van der Waals surface area (Å²) in [6.45, 7) is 1.96. The summed E-state index contributed by atoms with van der Waals surface area (Å²) in [5, 5.41) is 14.3. The Balaban J connectivity index is 1.25. The first kappa shape index (κ1) is 21.2. The zero-order valence-electron chi connectivity index (χ0n) is 19.0. The lowest BCUT2D eigenvalue weighted by molar-refractivity contribution is -0.136. The molecule has 1 saturated heterocycles. The van der Waals surface area contributed by atoms with Gasteiger partial charge in [0.25, 0.3) is 5.91 Å². The molecule has 1 amide bonds. The van der Waals surface area contributed by atoms with Crippen molar-refractivity contribution in [2.75, 3.05) is 29.5 Å². The molecule has 1 aromatic rings. The van der Waals surface area contributed by atoms with Gasteiger partial charge in [0.05, 0.1) is 16.9 Å². The first-order valence-corrected chi connectivity index (χ1v) is 14.0. The van der Waals surface area contributed by atoms with Gasteiger partial charge < -0.3 is 15.3 Å². The van der Waals surface area contributed by atoms with Gasteiger partial charge in [-0.25, -0.2) is 9.97 Å². The highest BCUT2D eigenvalue weighted by Gasteiger charge is 2.55. The molecule has 5 saturated carbocycles. The van der Waals surface area contributed by atoms with Crippen LogP contribution in [0.25, 0.3) is 0 Å². The van der Waals surface area contributed by atoms with Crippen LogP contribution in [0.4, 0.5) is 5.95 Å². The molecular weight excluding hydrogens is 420 g/mol. The summed E-state index contributed by atoms with van der Waals surface area (Å²) in [6, 6.07) is 0.192. The second kappa shape index (κ2) is 8.46. The van der Waals surface area contributed by atoms with Crippen molar-refractivity contribution in [3.63, 3.8) is 0 Å². The first-order chi connectivity index (χ1) is 15.6. The minimum Gasteiger partial charge on any atom is -0.390 e. The molecule has 32 heavy (non-hydrogen) atoms. The number of amides is 1. The molecular formula is C25H36N4O2S. The maximum atomic E-state index is 13.6. The highest BCUT2D eigenvalue weighted by molar-refractivity contribution is 7.99. The third-order valence-electron chi connectivity index (χ3n) is 8.87. The van der Waals surface area contributed by atoms with E-state index in [0.717, 1.165) is 81.2 Å². The smallest absolute Gasteiger partial charge is 0.254 e. The van der Waals surface area contributed by atoms with Crippen molar-refractivity contribution < 1.29 is 9.90 Å². The van der Waals surface area contributed by atoms with Gasteiger partial charge in [0.15, 0.2) is 0 Å². The Hall–Kier alpha value is -1.34. The van der Waals surface area contributed by atoms with Gasteiger partial charge in [0, 0.05) is 42.8 Å². The molecule has 6 nitrogen and oxygen atoms in total. The predicted molar refractivity (Wildman–Crippen MR) is 127 cm³/mol. The van der Waals surface area contributed by atoms with E-state index >= 15 is 0 Å². The molecule has 7 heteroatoms. The second-order valence-corrected chi connectivity index (χ2v) is 12.3. The van der Waals surface area contributed by atoms with Crippen molar-refractivity contribution in [1.29, 1.82) is 0 Å². The van der Waals surface area contributed by atoms with Crippen LogP contribution < -0.4 is 10.2 Å². The Morgan fingerprint density at radius 2 is 1.81 bits per heavy atom. The predicted octanol–water partition coefficient (Wildman–Crippen LogP) is 3.75. The molecule has 6 fully saturated rings. The standard InChI is InChI=1S/C25H36N4O2S/c30-23(27-21-18-10-16-11-19(21)14-25(31,12-16)13-18)20-15-26-24(29-6-8-32-9-7-29)28-22(20)17-4-2-1-3-5-17/h15-19,21,31H,1-14H2,(H,27,30). The highest BCUT2D eigenvalue weighted by atomic mass is 32.2. The van der Waals surface area contributed by atoms with Gasteiger partial charge in [-0.05, 0) is 62.7 Å². The summed E-state index contributed by atoms with van der Waals surface area (Å²) in [5.74, 6) is 4.89. The lowest BCUT2D eigenvalue weighted by Gasteiger charge is -2.58. The van der Waals surface area contributed by atoms with E-state index in [1.165, 1.54) is 19.3 Å². The quantitative estimate of drug-likeness (QED) is 0.719. The van der Waals surface area contributed by atoms with Crippen molar-refractivity contribution in [3.05, 3.63) is 17.5 Å². The fraction of sp³-hybridized carbons (Fsp3) is 0.800.